The molecule has 0 amide bonds. The smallest absolute Gasteiger partial charge is 0.0964 e. The van der Waals surface area contributed by atoms with E-state index in [4.69, 9.17) is 11.6 Å². The lowest BCUT2D eigenvalue weighted by molar-refractivity contribution is 0.924. The first-order valence-corrected chi connectivity index (χ1v) is 3.80. The van der Waals surface area contributed by atoms with Crippen molar-refractivity contribution in [2.75, 3.05) is 19.0 Å². The second-order valence-electron chi connectivity index (χ2n) is 2.05. The van der Waals surface area contributed by atoms with E-state index in [2.05, 4.69) is 10.3 Å². The van der Waals surface area contributed by atoms with Crippen LogP contribution in [0, 0.1) is 0 Å². The molecule has 1 rings (SSSR count). The zero-order valence-corrected chi connectivity index (χ0v) is 6.12. The van der Waals surface area contributed by atoms with Crippen LogP contribution in [0.1, 0.15) is 12.8 Å². The minimum absolute atomic E-state index is 0.666. The molecule has 1 N–H and O–H groups in total. The van der Waals surface area contributed by atoms with Gasteiger partial charge in [0.2, 0.25) is 0 Å². The molecular formula is C6H11ClN2. The molecule has 0 radical (unpaired) electrons. The molecule has 9 heavy (non-hydrogen) atoms. The number of nitrogens with zero attached hydrogens (tertiary/aromatic N) is 1. The molecule has 0 saturated heterocycles. The molecule has 0 aliphatic carbocycles. The van der Waals surface area contributed by atoms with Gasteiger partial charge in [0.05, 0.1) is 5.84 Å². The van der Waals surface area contributed by atoms with Crippen molar-refractivity contribution in [2.24, 2.45) is 4.99 Å². The van der Waals surface area contributed by atoms with Crippen molar-refractivity contribution >= 4 is 17.4 Å². The molecule has 0 bridgehead atoms. The van der Waals surface area contributed by atoms with Gasteiger partial charge in [-0.05, 0) is 6.42 Å². The summed E-state index contributed by atoms with van der Waals surface area (Å²) < 4.78 is 0. The van der Waals surface area contributed by atoms with Gasteiger partial charge in [-0.3, -0.25) is 4.99 Å². The molecule has 1 heterocycles. The highest BCUT2D eigenvalue weighted by atomic mass is 35.5. The molecule has 0 unspecified atom stereocenters. The van der Waals surface area contributed by atoms with E-state index in [1.54, 1.807) is 0 Å². The van der Waals surface area contributed by atoms with Crippen LogP contribution in [-0.4, -0.2) is 24.8 Å². The Balaban J connectivity index is 2.11. The predicted molar refractivity (Wildman–Crippen MR) is 40.3 cm³/mol. The SMILES string of the molecule is ClCCNC1=NCCC1. The molecule has 0 saturated carbocycles. The Bertz CT molecular complexity index is 112. The fraction of sp³-hybridized carbons (Fsp3) is 0.833. The Kier molecular flexibility index (Phi) is 2.84. The van der Waals surface area contributed by atoms with Gasteiger partial charge in [0, 0.05) is 25.4 Å². The lowest BCUT2D eigenvalue weighted by atomic mass is 10.3. The van der Waals surface area contributed by atoms with Gasteiger partial charge in [0.25, 0.3) is 0 Å². The molecule has 1 aliphatic heterocycles. The summed E-state index contributed by atoms with van der Waals surface area (Å²) in [6, 6.07) is 0. The van der Waals surface area contributed by atoms with E-state index in [9.17, 15) is 0 Å². The lowest BCUT2D eigenvalue weighted by Crippen LogP contribution is -2.23. The summed E-state index contributed by atoms with van der Waals surface area (Å²) in [5, 5.41) is 3.15. The van der Waals surface area contributed by atoms with Crippen molar-refractivity contribution in [1.82, 2.24) is 5.32 Å². The van der Waals surface area contributed by atoms with Crippen LogP contribution in [0.15, 0.2) is 4.99 Å². The van der Waals surface area contributed by atoms with Gasteiger partial charge in [-0.1, -0.05) is 0 Å². The predicted octanol–water partition coefficient (Wildman–Crippen LogP) is 1.01. The number of amidine groups is 1. The number of rotatable bonds is 2. The van der Waals surface area contributed by atoms with Crippen molar-refractivity contribution in [2.45, 2.75) is 12.8 Å². The average molecular weight is 147 g/mol. The van der Waals surface area contributed by atoms with E-state index >= 15 is 0 Å². The molecular weight excluding hydrogens is 136 g/mol. The van der Waals surface area contributed by atoms with Crippen LogP contribution >= 0.6 is 11.6 Å². The molecule has 0 fully saturated rings. The molecule has 52 valence electrons. The highest BCUT2D eigenvalue weighted by Crippen LogP contribution is 2.00. The molecule has 0 atom stereocenters. The number of hydrogen-bond acceptors (Lipinski definition) is 2. The highest BCUT2D eigenvalue weighted by Gasteiger charge is 2.02. The van der Waals surface area contributed by atoms with E-state index in [0.717, 1.165) is 25.3 Å². The summed E-state index contributed by atoms with van der Waals surface area (Å²) in [4.78, 5) is 4.22. The summed E-state index contributed by atoms with van der Waals surface area (Å²) >= 11 is 5.46. The van der Waals surface area contributed by atoms with Crippen molar-refractivity contribution in [3.05, 3.63) is 0 Å². The Morgan fingerprint density at radius 3 is 3.11 bits per heavy atom. The molecule has 2 nitrogen and oxygen atoms in total. The first-order chi connectivity index (χ1) is 4.43. The third-order valence-electron chi connectivity index (χ3n) is 1.30. The van der Waals surface area contributed by atoms with Crippen LogP contribution in [0.4, 0.5) is 0 Å². The van der Waals surface area contributed by atoms with Gasteiger partial charge >= 0.3 is 0 Å². The average Bonchev–Trinajstić information content (AvgIpc) is 2.34. The van der Waals surface area contributed by atoms with Crippen LogP contribution in [0.25, 0.3) is 0 Å². The molecule has 0 spiro atoms. The Morgan fingerprint density at radius 1 is 1.67 bits per heavy atom. The Hall–Kier alpha value is -0.240. The molecule has 0 aromatic carbocycles. The maximum atomic E-state index is 5.46. The minimum atomic E-state index is 0.666. The van der Waals surface area contributed by atoms with Crippen LogP contribution in [-0.2, 0) is 0 Å². The van der Waals surface area contributed by atoms with Crippen LogP contribution in [0.5, 0.6) is 0 Å². The number of hydrogen-bond donors (Lipinski definition) is 1. The van der Waals surface area contributed by atoms with Gasteiger partial charge in [-0.15, -0.1) is 11.6 Å². The first-order valence-electron chi connectivity index (χ1n) is 3.26. The number of alkyl halides is 1. The molecule has 3 heteroatoms. The van der Waals surface area contributed by atoms with E-state index in [-0.39, 0.29) is 0 Å². The quantitative estimate of drug-likeness (QED) is 0.578. The third kappa shape index (κ3) is 2.22. The molecule has 0 aromatic heterocycles. The van der Waals surface area contributed by atoms with Gasteiger partial charge in [0.1, 0.15) is 0 Å². The number of halogens is 1. The normalized spacial score (nSPS) is 17.7. The molecule has 0 aromatic rings. The third-order valence-corrected chi connectivity index (χ3v) is 1.49. The first kappa shape index (κ1) is 6.87. The van der Waals surface area contributed by atoms with E-state index < -0.39 is 0 Å². The highest BCUT2D eigenvalue weighted by molar-refractivity contribution is 6.18. The molecule has 1 aliphatic rings. The van der Waals surface area contributed by atoms with Gasteiger partial charge in [0.15, 0.2) is 0 Å². The summed E-state index contributed by atoms with van der Waals surface area (Å²) in [6.45, 7) is 1.84. The zero-order valence-electron chi connectivity index (χ0n) is 5.36. The van der Waals surface area contributed by atoms with E-state index in [0.29, 0.717) is 5.88 Å². The van der Waals surface area contributed by atoms with Crippen molar-refractivity contribution < 1.29 is 0 Å². The topological polar surface area (TPSA) is 24.4 Å². The Labute approximate surface area is 60.3 Å². The Morgan fingerprint density at radius 2 is 2.56 bits per heavy atom. The van der Waals surface area contributed by atoms with E-state index in [1.165, 1.54) is 6.42 Å². The summed E-state index contributed by atoms with van der Waals surface area (Å²) in [6.07, 6.45) is 2.31. The second kappa shape index (κ2) is 3.72. The number of aliphatic imine (C=N–C) groups is 1. The fourth-order valence-electron chi connectivity index (χ4n) is 0.875. The van der Waals surface area contributed by atoms with Gasteiger partial charge < -0.3 is 5.32 Å². The summed E-state index contributed by atoms with van der Waals surface area (Å²) in [7, 11) is 0. The maximum absolute atomic E-state index is 5.46. The second-order valence-corrected chi connectivity index (χ2v) is 2.43. The number of nitrogens with one attached hydrogen (secondary N) is 1. The standard InChI is InChI=1S/C6H11ClN2/c7-3-5-9-6-2-1-4-8-6/h1-5H2,(H,8,9). The largest absolute Gasteiger partial charge is 0.373 e. The lowest BCUT2D eigenvalue weighted by Gasteiger charge is -1.99. The van der Waals surface area contributed by atoms with Gasteiger partial charge in [-0.2, -0.15) is 0 Å². The van der Waals surface area contributed by atoms with Crippen LogP contribution < -0.4 is 5.32 Å². The van der Waals surface area contributed by atoms with Crippen LogP contribution in [0.3, 0.4) is 0 Å². The zero-order chi connectivity index (χ0) is 6.53. The fourth-order valence-corrected chi connectivity index (χ4v) is 0.970. The minimum Gasteiger partial charge on any atom is -0.373 e. The monoisotopic (exact) mass is 146 g/mol. The summed E-state index contributed by atoms with van der Waals surface area (Å²) in [5.74, 6) is 1.80. The van der Waals surface area contributed by atoms with Crippen LogP contribution in [0.2, 0.25) is 0 Å². The summed E-state index contributed by atoms with van der Waals surface area (Å²) in [5.41, 5.74) is 0. The van der Waals surface area contributed by atoms with Crippen molar-refractivity contribution in [3.63, 3.8) is 0 Å². The van der Waals surface area contributed by atoms with E-state index in [1.807, 2.05) is 0 Å². The maximum Gasteiger partial charge on any atom is 0.0964 e. The van der Waals surface area contributed by atoms with Crippen molar-refractivity contribution in [1.29, 1.82) is 0 Å². The van der Waals surface area contributed by atoms with Crippen molar-refractivity contribution in [3.8, 4) is 0 Å². The van der Waals surface area contributed by atoms with Gasteiger partial charge in [-0.25, -0.2) is 0 Å².